The summed E-state index contributed by atoms with van der Waals surface area (Å²) in [6.07, 6.45) is 2.21. The van der Waals surface area contributed by atoms with Crippen LogP contribution >= 0.6 is 0 Å². The largest absolute Gasteiger partial charge is 0.494 e. The van der Waals surface area contributed by atoms with Crippen molar-refractivity contribution < 1.29 is 14.6 Å². The van der Waals surface area contributed by atoms with Crippen molar-refractivity contribution >= 4 is 0 Å². The van der Waals surface area contributed by atoms with Crippen molar-refractivity contribution in [3.05, 3.63) is 30.3 Å². The summed E-state index contributed by atoms with van der Waals surface area (Å²) in [7, 11) is 0. The van der Waals surface area contributed by atoms with Crippen LogP contribution in [-0.2, 0) is 4.74 Å². The van der Waals surface area contributed by atoms with Gasteiger partial charge in [-0.3, -0.25) is 0 Å². The highest BCUT2D eigenvalue weighted by molar-refractivity contribution is 5.20. The van der Waals surface area contributed by atoms with Crippen LogP contribution in [-0.4, -0.2) is 56.1 Å². The van der Waals surface area contributed by atoms with Crippen LogP contribution in [0.15, 0.2) is 30.3 Å². The minimum Gasteiger partial charge on any atom is -0.494 e. The van der Waals surface area contributed by atoms with E-state index in [9.17, 15) is 5.11 Å². The number of ether oxygens (including phenoxy) is 2. The molecule has 0 spiro atoms. The van der Waals surface area contributed by atoms with E-state index in [0.29, 0.717) is 5.92 Å². The van der Waals surface area contributed by atoms with Gasteiger partial charge in [-0.2, -0.15) is 0 Å². The second-order valence-electron chi connectivity index (χ2n) is 6.34. The van der Waals surface area contributed by atoms with Gasteiger partial charge in [0.2, 0.25) is 0 Å². The lowest BCUT2D eigenvalue weighted by Crippen LogP contribution is -2.34. The predicted molar refractivity (Wildman–Crippen MR) is 81.4 cm³/mol. The number of fused-ring (bicyclic) bond motifs is 1. The molecule has 116 valence electrons. The number of benzene rings is 1. The summed E-state index contributed by atoms with van der Waals surface area (Å²) in [5, 5.41) is 9.65. The van der Waals surface area contributed by atoms with E-state index >= 15 is 0 Å². The van der Waals surface area contributed by atoms with Gasteiger partial charge >= 0.3 is 0 Å². The topological polar surface area (TPSA) is 41.9 Å². The molecule has 0 unspecified atom stereocenters. The maximum absolute atomic E-state index is 9.65. The maximum atomic E-state index is 9.65. The van der Waals surface area contributed by atoms with Crippen molar-refractivity contribution in [2.75, 3.05) is 46.1 Å². The molecule has 0 radical (unpaired) electrons. The van der Waals surface area contributed by atoms with Crippen LogP contribution in [0.1, 0.15) is 12.8 Å². The standard InChI is InChI=1S/C17H25NO3/c19-13-17-12-18(10-15(17)11-20-14-17)8-4-5-9-21-16-6-2-1-3-7-16/h1-3,6-7,15,19H,4-5,8-14H2/t15-,17-/m0/s1. The zero-order chi connectivity index (χ0) is 14.5. The normalized spacial score (nSPS) is 28.7. The predicted octanol–water partition coefficient (Wildman–Crippen LogP) is 1.79. The fourth-order valence-electron chi connectivity index (χ4n) is 3.48. The van der Waals surface area contributed by atoms with E-state index in [2.05, 4.69) is 4.90 Å². The molecule has 21 heavy (non-hydrogen) atoms. The Kier molecular flexibility index (Phi) is 4.78. The summed E-state index contributed by atoms with van der Waals surface area (Å²) in [6.45, 7) is 5.71. The van der Waals surface area contributed by atoms with Crippen molar-refractivity contribution in [2.24, 2.45) is 11.3 Å². The molecule has 4 nitrogen and oxygen atoms in total. The van der Waals surface area contributed by atoms with Gasteiger partial charge in [-0.05, 0) is 31.5 Å². The highest BCUT2D eigenvalue weighted by Gasteiger charge is 2.49. The minimum atomic E-state index is 0.0144. The Morgan fingerprint density at radius 1 is 1.29 bits per heavy atom. The zero-order valence-corrected chi connectivity index (χ0v) is 12.5. The van der Waals surface area contributed by atoms with Gasteiger partial charge in [0, 0.05) is 24.4 Å². The molecular weight excluding hydrogens is 266 g/mol. The molecule has 1 aromatic carbocycles. The number of nitrogens with zero attached hydrogens (tertiary/aromatic N) is 1. The number of para-hydroxylation sites is 1. The van der Waals surface area contributed by atoms with Gasteiger partial charge in [-0.25, -0.2) is 0 Å². The van der Waals surface area contributed by atoms with Crippen molar-refractivity contribution in [1.29, 1.82) is 0 Å². The molecule has 0 saturated carbocycles. The first-order chi connectivity index (χ1) is 10.3. The van der Waals surface area contributed by atoms with Crippen LogP contribution < -0.4 is 4.74 Å². The van der Waals surface area contributed by atoms with Crippen molar-refractivity contribution in [3.8, 4) is 5.75 Å². The van der Waals surface area contributed by atoms with Gasteiger partial charge in [-0.1, -0.05) is 18.2 Å². The van der Waals surface area contributed by atoms with Crippen LogP contribution in [0.2, 0.25) is 0 Å². The molecule has 0 bridgehead atoms. The highest BCUT2D eigenvalue weighted by Crippen LogP contribution is 2.40. The molecule has 2 fully saturated rings. The molecule has 0 amide bonds. The van der Waals surface area contributed by atoms with E-state index < -0.39 is 0 Å². The van der Waals surface area contributed by atoms with Crippen LogP contribution in [0.25, 0.3) is 0 Å². The molecule has 2 heterocycles. The molecular formula is C17H25NO3. The average Bonchev–Trinajstić information content (AvgIpc) is 3.05. The molecule has 2 aliphatic heterocycles. The average molecular weight is 291 g/mol. The fourth-order valence-corrected chi connectivity index (χ4v) is 3.48. The van der Waals surface area contributed by atoms with Crippen LogP contribution in [0, 0.1) is 11.3 Å². The molecule has 2 atom stereocenters. The van der Waals surface area contributed by atoms with Gasteiger partial charge in [0.1, 0.15) is 5.75 Å². The Morgan fingerprint density at radius 2 is 2.14 bits per heavy atom. The van der Waals surface area contributed by atoms with Crippen molar-refractivity contribution in [2.45, 2.75) is 12.8 Å². The number of unbranched alkanes of at least 4 members (excludes halogenated alkanes) is 1. The summed E-state index contributed by atoms with van der Waals surface area (Å²) >= 11 is 0. The van der Waals surface area contributed by atoms with E-state index in [1.165, 1.54) is 0 Å². The third-order valence-electron chi connectivity index (χ3n) is 4.79. The molecule has 2 saturated heterocycles. The van der Waals surface area contributed by atoms with Gasteiger partial charge in [0.15, 0.2) is 0 Å². The second kappa shape index (κ2) is 6.77. The van der Waals surface area contributed by atoms with E-state index in [-0.39, 0.29) is 12.0 Å². The summed E-state index contributed by atoms with van der Waals surface area (Å²) in [5.41, 5.74) is 0.0144. The Morgan fingerprint density at radius 3 is 2.90 bits per heavy atom. The molecule has 1 aromatic rings. The lowest BCUT2D eigenvalue weighted by molar-refractivity contribution is 0.0809. The van der Waals surface area contributed by atoms with Crippen LogP contribution in [0.4, 0.5) is 0 Å². The number of hydrogen-bond acceptors (Lipinski definition) is 4. The van der Waals surface area contributed by atoms with E-state index in [1.54, 1.807) is 0 Å². The molecule has 2 aliphatic rings. The fraction of sp³-hybridized carbons (Fsp3) is 0.647. The minimum absolute atomic E-state index is 0.0144. The summed E-state index contributed by atoms with van der Waals surface area (Å²) < 4.78 is 11.2. The number of hydrogen-bond donors (Lipinski definition) is 1. The maximum Gasteiger partial charge on any atom is 0.119 e. The molecule has 3 rings (SSSR count). The first-order valence-electron chi connectivity index (χ1n) is 7.91. The first-order valence-corrected chi connectivity index (χ1v) is 7.91. The van der Waals surface area contributed by atoms with E-state index in [1.807, 2.05) is 30.3 Å². The van der Waals surface area contributed by atoms with Crippen LogP contribution in [0.3, 0.4) is 0 Å². The van der Waals surface area contributed by atoms with Gasteiger partial charge < -0.3 is 19.5 Å². The number of aliphatic hydroxyl groups is 1. The first kappa shape index (κ1) is 14.8. The zero-order valence-electron chi connectivity index (χ0n) is 12.5. The van der Waals surface area contributed by atoms with E-state index in [4.69, 9.17) is 9.47 Å². The van der Waals surface area contributed by atoms with Gasteiger partial charge in [0.05, 0.1) is 26.4 Å². The highest BCUT2D eigenvalue weighted by atomic mass is 16.5. The number of rotatable bonds is 7. The quantitative estimate of drug-likeness (QED) is 0.778. The molecule has 1 N–H and O–H groups in total. The lowest BCUT2D eigenvalue weighted by atomic mass is 9.82. The molecule has 4 heteroatoms. The third-order valence-corrected chi connectivity index (χ3v) is 4.79. The van der Waals surface area contributed by atoms with Gasteiger partial charge in [-0.15, -0.1) is 0 Å². The Hall–Kier alpha value is -1.10. The van der Waals surface area contributed by atoms with Crippen molar-refractivity contribution in [3.63, 3.8) is 0 Å². The van der Waals surface area contributed by atoms with Crippen LogP contribution in [0.5, 0.6) is 5.75 Å². The summed E-state index contributed by atoms with van der Waals surface area (Å²) in [6, 6.07) is 9.97. The Labute approximate surface area is 126 Å². The van der Waals surface area contributed by atoms with Crippen molar-refractivity contribution in [1.82, 2.24) is 4.90 Å². The number of likely N-dealkylation sites (tertiary alicyclic amines) is 1. The monoisotopic (exact) mass is 291 g/mol. The van der Waals surface area contributed by atoms with E-state index in [0.717, 1.165) is 58.0 Å². The third kappa shape index (κ3) is 3.39. The second-order valence-corrected chi connectivity index (χ2v) is 6.34. The summed E-state index contributed by atoms with van der Waals surface area (Å²) in [4.78, 5) is 2.48. The smallest absolute Gasteiger partial charge is 0.119 e. The molecule has 0 aromatic heterocycles. The Bertz CT molecular complexity index is 439. The SMILES string of the molecule is OC[C@@]12COC[C@@H]1CN(CCCCOc1ccccc1)C2. The Balaban J connectivity index is 1.34. The lowest BCUT2D eigenvalue weighted by Gasteiger charge is -2.24. The number of aliphatic hydroxyl groups excluding tert-OH is 1. The summed E-state index contributed by atoms with van der Waals surface area (Å²) in [5.74, 6) is 1.47. The molecule has 0 aliphatic carbocycles. The van der Waals surface area contributed by atoms with Gasteiger partial charge in [0.25, 0.3) is 0 Å².